The van der Waals surface area contributed by atoms with Gasteiger partial charge in [-0.2, -0.15) is 0 Å². The molecule has 0 unspecified atom stereocenters. The highest BCUT2D eigenvalue weighted by molar-refractivity contribution is 7.71. The lowest BCUT2D eigenvalue weighted by atomic mass is 10.0. The summed E-state index contributed by atoms with van der Waals surface area (Å²) in [4.78, 5) is 9.04. The summed E-state index contributed by atoms with van der Waals surface area (Å²) in [7, 11) is 0. The molecule has 2 nitrogen and oxygen atoms in total. The fourth-order valence-electron chi connectivity index (χ4n) is 2.46. The number of hydrogen-bond donors (Lipinski definition) is 1. The number of nitrogens with zero attached hydrogens (tertiary/aromatic N) is 1. The molecular weight excluding hydrogens is 248 g/mol. The summed E-state index contributed by atoms with van der Waals surface area (Å²) in [6.45, 7) is 0. The molecule has 1 aliphatic rings. The smallest absolute Gasteiger partial charge is 0.149 e. The van der Waals surface area contributed by atoms with Gasteiger partial charge in [0.2, 0.25) is 0 Å². The number of rotatable bonds is 2. The predicted octanol–water partition coefficient (Wildman–Crippen LogP) is 4.53. The van der Waals surface area contributed by atoms with Gasteiger partial charge >= 0.3 is 0 Å². The van der Waals surface area contributed by atoms with Crippen LogP contribution in [0.5, 0.6) is 0 Å². The van der Waals surface area contributed by atoms with Gasteiger partial charge in [0.25, 0.3) is 0 Å². The van der Waals surface area contributed by atoms with Crippen molar-refractivity contribution in [3.8, 4) is 10.7 Å². The monoisotopic (exact) mass is 262 g/mol. The highest BCUT2D eigenvalue weighted by atomic mass is 32.1. The minimum absolute atomic E-state index is 0.651. The molecule has 0 spiro atoms. The van der Waals surface area contributed by atoms with Crippen molar-refractivity contribution in [3.05, 3.63) is 33.9 Å². The standard InChI is InChI=1S/C13H14N2S2/c16-12-8-10(9-4-1-2-5-9)14-13(15-12)11-6-3-7-17-11/h3,6-9H,1-2,4-5H2,(H,14,15,16). The lowest BCUT2D eigenvalue weighted by Gasteiger charge is -2.10. The molecule has 1 N–H and O–H groups in total. The summed E-state index contributed by atoms with van der Waals surface area (Å²) in [5.41, 5.74) is 1.27. The average molecular weight is 262 g/mol. The Morgan fingerprint density at radius 3 is 2.88 bits per heavy atom. The van der Waals surface area contributed by atoms with Crippen LogP contribution in [0.4, 0.5) is 0 Å². The Hall–Kier alpha value is -1.00. The van der Waals surface area contributed by atoms with Crippen LogP contribution in [0.15, 0.2) is 23.6 Å². The fourth-order valence-corrected chi connectivity index (χ4v) is 3.35. The van der Waals surface area contributed by atoms with Gasteiger partial charge < -0.3 is 4.98 Å². The van der Waals surface area contributed by atoms with Crippen molar-refractivity contribution >= 4 is 23.6 Å². The van der Waals surface area contributed by atoms with E-state index in [1.165, 1.54) is 31.4 Å². The summed E-state index contributed by atoms with van der Waals surface area (Å²) in [6, 6.07) is 6.15. The van der Waals surface area contributed by atoms with E-state index in [0.717, 1.165) is 10.7 Å². The molecule has 0 bridgehead atoms. The minimum atomic E-state index is 0.651. The van der Waals surface area contributed by atoms with E-state index in [0.29, 0.717) is 10.6 Å². The van der Waals surface area contributed by atoms with E-state index in [1.54, 1.807) is 11.3 Å². The topological polar surface area (TPSA) is 28.7 Å². The molecule has 0 radical (unpaired) electrons. The fraction of sp³-hybridized carbons (Fsp3) is 0.385. The Kier molecular flexibility index (Phi) is 3.07. The molecule has 0 atom stereocenters. The van der Waals surface area contributed by atoms with Gasteiger partial charge in [0.05, 0.1) is 4.88 Å². The molecule has 0 amide bonds. The molecule has 0 aromatic carbocycles. The van der Waals surface area contributed by atoms with Gasteiger partial charge in [-0.25, -0.2) is 4.98 Å². The first-order valence-corrected chi connectivity index (χ1v) is 7.27. The summed E-state index contributed by atoms with van der Waals surface area (Å²) in [6.07, 6.45) is 5.22. The van der Waals surface area contributed by atoms with Crippen LogP contribution in [0, 0.1) is 4.64 Å². The summed E-state index contributed by atoms with van der Waals surface area (Å²) < 4.78 is 0.703. The second-order valence-electron chi connectivity index (χ2n) is 4.48. The minimum Gasteiger partial charge on any atom is -0.342 e. The molecule has 0 aliphatic heterocycles. The largest absolute Gasteiger partial charge is 0.342 e. The zero-order valence-corrected chi connectivity index (χ0v) is 11.1. The first-order chi connectivity index (χ1) is 8.33. The number of aromatic amines is 1. The molecule has 17 heavy (non-hydrogen) atoms. The van der Waals surface area contributed by atoms with Gasteiger partial charge in [-0.05, 0) is 36.3 Å². The lowest BCUT2D eigenvalue weighted by Crippen LogP contribution is -1.99. The predicted molar refractivity (Wildman–Crippen MR) is 73.9 cm³/mol. The maximum Gasteiger partial charge on any atom is 0.149 e. The molecule has 0 saturated heterocycles. The van der Waals surface area contributed by atoms with Crippen LogP contribution >= 0.6 is 23.6 Å². The van der Waals surface area contributed by atoms with Gasteiger partial charge in [0, 0.05) is 5.69 Å². The van der Waals surface area contributed by atoms with Gasteiger partial charge in [0.15, 0.2) is 0 Å². The second-order valence-corrected chi connectivity index (χ2v) is 5.85. The lowest BCUT2D eigenvalue weighted by molar-refractivity contribution is 0.695. The van der Waals surface area contributed by atoms with Crippen molar-refractivity contribution in [3.63, 3.8) is 0 Å². The highest BCUT2D eigenvalue weighted by Crippen LogP contribution is 2.34. The quantitative estimate of drug-likeness (QED) is 0.806. The molecule has 2 aromatic rings. The zero-order valence-electron chi connectivity index (χ0n) is 9.48. The summed E-state index contributed by atoms with van der Waals surface area (Å²) in [5, 5.41) is 2.07. The molecule has 2 aromatic heterocycles. The highest BCUT2D eigenvalue weighted by Gasteiger charge is 2.18. The van der Waals surface area contributed by atoms with Crippen LogP contribution in [-0.2, 0) is 0 Å². The summed E-state index contributed by atoms with van der Waals surface area (Å²) >= 11 is 6.97. The number of thiophene rings is 1. The van der Waals surface area contributed by atoms with Crippen LogP contribution in [0.3, 0.4) is 0 Å². The zero-order chi connectivity index (χ0) is 11.7. The van der Waals surface area contributed by atoms with Crippen molar-refractivity contribution in [2.75, 3.05) is 0 Å². The molecule has 2 heterocycles. The van der Waals surface area contributed by atoms with E-state index >= 15 is 0 Å². The third kappa shape index (κ3) is 2.33. The Morgan fingerprint density at radius 1 is 1.35 bits per heavy atom. The van der Waals surface area contributed by atoms with Crippen LogP contribution in [0.25, 0.3) is 10.7 Å². The molecule has 3 rings (SSSR count). The Labute approximate surface area is 110 Å². The van der Waals surface area contributed by atoms with Crippen molar-refractivity contribution < 1.29 is 0 Å². The molecule has 1 saturated carbocycles. The van der Waals surface area contributed by atoms with E-state index < -0.39 is 0 Å². The first-order valence-electron chi connectivity index (χ1n) is 5.98. The van der Waals surface area contributed by atoms with Crippen molar-refractivity contribution in [1.82, 2.24) is 9.97 Å². The third-order valence-corrected chi connectivity index (χ3v) is 4.40. The van der Waals surface area contributed by atoms with E-state index in [4.69, 9.17) is 12.2 Å². The number of hydrogen-bond acceptors (Lipinski definition) is 3. The molecule has 1 fully saturated rings. The van der Waals surface area contributed by atoms with E-state index in [-0.39, 0.29) is 0 Å². The number of aromatic nitrogens is 2. The van der Waals surface area contributed by atoms with Gasteiger partial charge in [-0.1, -0.05) is 31.1 Å². The van der Waals surface area contributed by atoms with Crippen LogP contribution in [0.2, 0.25) is 0 Å². The Balaban J connectivity index is 2.03. The average Bonchev–Trinajstić information content (AvgIpc) is 3.02. The maximum atomic E-state index is 5.27. The number of H-pyrrole nitrogens is 1. The third-order valence-electron chi connectivity index (χ3n) is 3.31. The van der Waals surface area contributed by atoms with Crippen LogP contribution in [-0.4, -0.2) is 9.97 Å². The van der Waals surface area contributed by atoms with Gasteiger partial charge in [-0.15, -0.1) is 11.3 Å². The maximum absolute atomic E-state index is 5.27. The molecule has 1 aliphatic carbocycles. The first kappa shape index (κ1) is 11.1. The van der Waals surface area contributed by atoms with E-state index in [2.05, 4.69) is 21.4 Å². The van der Waals surface area contributed by atoms with E-state index in [9.17, 15) is 0 Å². The van der Waals surface area contributed by atoms with Gasteiger partial charge in [-0.3, -0.25) is 0 Å². The van der Waals surface area contributed by atoms with Crippen molar-refractivity contribution in [2.24, 2.45) is 0 Å². The Bertz CT molecular complexity index is 551. The second kappa shape index (κ2) is 4.70. The van der Waals surface area contributed by atoms with Crippen LogP contribution < -0.4 is 0 Å². The van der Waals surface area contributed by atoms with Crippen molar-refractivity contribution in [1.29, 1.82) is 0 Å². The number of nitrogens with one attached hydrogen (secondary N) is 1. The van der Waals surface area contributed by atoms with E-state index in [1.807, 2.05) is 12.1 Å². The van der Waals surface area contributed by atoms with Gasteiger partial charge in [0.1, 0.15) is 10.5 Å². The normalized spacial score (nSPS) is 16.5. The van der Waals surface area contributed by atoms with Crippen LogP contribution in [0.1, 0.15) is 37.3 Å². The van der Waals surface area contributed by atoms with Crippen molar-refractivity contribution in [2.45, 2.75) is 31.6 Å². The SMILES string of the molecule is S=c1cc(C2CCCC2)[nH]c(-c2cccs2)n1. The Morgan fingerprint density at radius 2 is 2.18 bits per heavy atom. The molecule has 4 heteroatoms. The summed E-state index contributed by atoms with van der Waals surface area (Å²) in [5.74, 6) is 1.58. The molecular formula is C13H14N2S2. The molecule has 88 valence electrons.